The van der Waals surface area contributed by atoms with Gasteiger partial charge in [-0.2, -0.15) is 0 Å². The van der Waals surface area contributed by atoms with Crippen molar-refractivity contribution in [2.24, 2.45) is 28.6 Å². The molecule has 1 unspecified atom stereocenters. The van der Waals surface area contributed by atoms with E-state index in [-0.39, 0.29) is 46.0 Å². The van der Waals surface area contributed by atoms with Gasteiger partial charge in [0.1, 0.15) is 5.60 Å². The third kappa shape index (κ3) is 2.90. The van der Waals surface area contributed by atoms with E-state index in [1.54, 1.807) is 6.92 Å². The molecule has 0 aromatic heterocycles. The molecule has 7 atom stereocenters. The Morgan fingerprint density at radius 1 is 1.07 bits per heavy atom. The minimum Gasteiger partial charge on any atom is -0.458 e. The predicted octanol–water partition coefficient (Wildman–Crippen LogP) is 5.49. The molecule has 4 nitrogen and oxygen atoms in total. The van der Waals surface area contributed by atoms with Crippen LogP contribution in [0.2, 0.25) is 0 Å². The molecule has 30 heavy (non-hydrogen) atoms. The molecule has 4 aliphatic carbocycles. The Morgan fingerprint density at radius 3 is 2.47 bits per heavy atom. The predicted molar refractivity (Wildman–Crippen MR) is 119 cm³/mol. The van der Waals surface area contributed by atoms with Gasteiger partial charge in [0.05, 0.1) is 0 Å². The summed E-state index contributed by atoms with van der Waals surface area (Å²) in [6.07, 6.45) is 10.0. The van der Waals surface area contributed by atoms with Crippen molar-refractivity contribution in [2.45, 2.75) is 96.8 Å². The summed E-state index contributed by atoms with van der Waals surface area (Å²) < 4.78 is 6.06. The van der Waals surface area contributed by atoms with E-state index in [9.17, 15) is 14.4 Å². The van der Waals surface area contributed by atoms with E-state index in [1.807, 2.05) is 6.08 Å². The maximum absolute atomic E-state index is 12.2. The Balaban J connectivity index is 0.00000218. The van der Waals surface area contributed by atoms with Crippen molar-refractivity contribution in [2.75, 3.05) is 0 Å². The van der Waals surface area contributed by atoms with Crippen LogP contribution in [-0.2, 0) is 19.1 Å². The van der Waals surface area contributed by atoms with Gasteiger partial charge in [-0.1, -0.05) is 38.6 Å². The molecule has 0 radical (unpaired) electrons. The fourth-order valence-corrected chi connectivity index (χ4v) is 9.36. The molecule has 5 rings (SSSR count). The summed E-state index contributed by atoms with van der Waals surface area (Å²) in [5.74, 6) is 1.67. The summed E-state index contributed by atoms with van der Waals surface area (Å²) in [7, 11) is 0. The van der Waals surface area contributed by atoms with E-state index < -0.39 is 0 Å². The Labute approximate surface area is 185 Å². The Morgan fingerprint density at radius 2 is 1.80 bits per heavy atom. The van der Waals surface area contributed by atoms with Crippen molar-refractivity contribution in [1.82, 2.24) is 0 Å². The van der Waals surface area contributed by atoms with E-state index in [2.05, 4.69) is 13.8 Å². The highest BCUT2D eigenvalue weighted by Gasteiger charge is 2.68. The Kier molecular flexibility index (Phi) is 5.32. The second-order valence-electron chi connectivity index (χ2n) is 10.7. The van der Waals surface area contributed by atoms with E-state index in [0.29, 0.717) is 30.6 Å². The largest absolute Gasteiger partial charge is 0.458 e. The molecule has 166 valence electrons. The third-order valence-electron chi connectivity index (χ3n) is 9.61. The molecule has 1 saturated heterocycles. The van der Waals surface area contributed by atoms with Crippen molar-refractivity contribution in [3.05, 3.63) is 11.6 Å². The minimum absolute atomic E-state index is 0. The molecule has 0 N–H and O–H groups in total. The normalized spacial score (nSPS) is 47.0. The number of carbonyl (C=O) groups is 3. The first kappa shape index (κ1) is 22.1. The maximum Gasteiger partial charge on any atom is 0.306 e. The lowest BCUT2D eigenvalue weighted by Gasteiger charge is -2.61. The van der Waals surface area contributed by atoms with Crippen LogP contribution >= 0.6 is 11.8 Å². The van der Waals surface area contributed by atoms with Crippen molar-refractivity contribution in [3.8, 4) is 0 Å². The van der Waals surface area contributed by atoms with E-state index in [0.717, 1.165) is 44.9 Å². The molecular formula is C25H36O4S. The highest BCUT2D eigenvalue weighted by molar-refractivity contribution is 8.14. The Bertz CT molecular complexity index is 818. The molecule has 1 aliphatic heterocycles. The van der Waals surface area contributed by atoms with Gasteiger partial charge >= 0.3 is 5.97 Å². The number of esters is 1. The molecule has 1 spiro atoms. The standard InChI is InChI=1S/C24H32O4S.CH4/c1-14(25)29-19-13-15-12-16(26)4-8-22(15,2)17-5-9-23(3)18(21(17)19)6-10-24(23)11-7-20(27)28-24;/h12,17-19,21H,4-11,13H2,1-3H3;1H4/t17?,18-,19+,21+,22-,23-,24+;/m0./s1. The SMILES string of the molecule is C.CC(=O)S[C@@H]1CC2=CC(=O)CC[C@]2(C)C2CC[C@@]3(C)[C@@H](CC[C@@]34CCC(=O)O4)[C@@H]21. The smallest absolute Gasteiger partial charge is 0.306 e. The first-order chi connectivity index (χ1) is 13.7. The first-order valence-corrected chi connectivity index (χ1v) is 12.2. The van der Waals surface area contributed by atoms with E-state index >= 15 is 0 Å². The number of carbonyl (C=O) groups excluding carboxylic acids is 3. The van der Waals surface area contributed by atoms with Crippen LogP contribution in [0.5, 0.6) is 0 Å². The number of hydrogen-bond donors (Lipinski definition) is 0. The van der Waals surface area contributed by atoms with Crippen molar-refractivity contribution in [1.29, 1.82) is 0 Å². The van der Waals surface area contributed by atoms with Gasteiger partial charge in [0.25, 0.3) is 0 Å². The molecule has 0 bridgehead atoms. The zero-order valence-electron chi connectivity index (χ0n) is 17.8. The molecule has 5 heteroatoms. The lowest BCUT2D eigenvalue weighted by molar-refractivity contribution is -0.167. The molecule has 4 fully saturated rings. The summed E-state index contributed by atoms with van der Waals surface area (Å²) in [5, 5.41) is 0.409. The van der Waals surface area contributed by atoms with Gasteiger partial charge in [-0.25, -0.2) is 0 Å². The average molecular weight is 433 g/mol. The molecule has 0 aromatic carbocycles. The van der Waals surface area contributed by atoms with Gasteiger partial charge in [0, 0.05) is 30.4 Å². The summed E-state index contributed by atoms with van der Waals surface area (Å²) in [5.41, 5.74) is 1.09. The van der Waals surface area contributed by atoms with Crippen molar-refractivity contribution < 1.29 is 19.1 Å². The molecule has 5 aliphatic rings. The number of ketones is 1. The van der Waals surface area contributed by atoms with Gasteiger partial charge in [0.2, 0.25) is 0 Å². The minimum atomic E-state index is -0.287. The summed E-state index contributed by atoms with van der Waals surface area (Å²) in [6.45, 7) is 6.42. The van der Waals surface area contributed by atoms with Crippen LogP contribution in [0, 0.1) is 28.6 Å². The lowest BCUT2D eigenvalue weighted by Crippen LogP contribution is -2.57. The third-order valence-corrected chi connectivity index (χ3v) is 10.7. The molecule has 0 amide bonds. The molecule has 1 heterocycles. The number of fused-ring (bicyclic) bond motifs is 6. The van der Waals surface area contributed by atoms with Crippen LogP contribution in [0.3, 0.4) is 0 Å². The second kappa shape index (κ2) is 7.21. The van der Waals surface area contributed by atoms with Crippen molar-refractivity contribution in [3.63, 3.8) is 0 Å². The highest BCUT2D eigenvalue weighted by atomic mass is 32.2. The van der Waals surface area contributed by atoms with Crippen LogP contribution in [0.25, 0.3) is 0 Å². The van der Waals surface area contributed by atoms with Gasteiger partial charge in [-0.05, 0) is 74.2 Å². The molecule has 3 saturated carbocycles. The van der Waals surface area contributed by atoms with Gasteiger partial charge in [-0.3, -0.25) is 14.4 Å². The summed E-state index contributed by atoms with van der Waals surface area (Å²) in [6, 6.07) is 0. The molecular weight excluding hydrogens is 396 g/mol. The van der Waals surface area contributed by atoms with Crippen LogP contribution in [0.4, 0.5) is 0 Å². The summed E-state index contributed by atoms with van der Waals surface area (Å²) >= 11 is 1.50. The lowest BCUT2D eigenvalue weighted by atomic mass is 9.46. The zero-order valence-corrected chi connectivity index (χ0v) is 18.6. The summed E-state index contributed by atoms with van der Waals surface area (Å²) in [4.78, 5) is 36.4. The monoisotopic (exact) mass is 432 g/mol. The fraction of sp³-hybridized carbons (Fsp3) is 0.800. The molecule has 0 aromatic rings. The zero-order chi connectivity index (χ0) is 20.6. The van der Waals surface area contributed by atoms with Crippen molar-refractivity contribution >= 4 is 28.6 Å². The van der Waals surface area contributed by atoms with Crippen LogP contribution in [0.15, 0.2) is 11.6 Å². The first-order valence-electron chi connectivity index (χ1n) is 11.3. The second-order valence-corrected chi connectivity index (χ2v) is 12.1. The number of thioether (sulfide) groups is 1. The van der Waals surface area contributed by atoms with Gasteiger partial charge in [-0.15, -0.1) is 0 Å². The van der Waals surface area contributed by atoms with Crippen LogP contribution in [0.1, 0.15) is 86.0 Å². The number of allylic oxidation sites excluding steroid dienone is 1. The van der Waals surface area contributed by atoms with Crippen LogP contribution < -0.4 is 0 Å². The van der Waals surface area contributed by atoms with E-state index in [4.69, 9.17) is 4.74 Å². The number of rotatable bonds is 1. The Hall–Kier alpha value is -1.10. The highest BCUT2D eigenvalue weighted by Crippen LogP contribution is 2.70. The van der Waals surface area contributed by atoms with Gasteiger partial charge in [0.15, 0.2) is 10.9 Å². The van der Waals surface area contributed by atoms with Crippen LogP contribution in [-0.4, -0.2) is 27.7 Å². The fourth-order valence-electron chi connectivity index (χ4n) is 8.13. The van der Waals surface area contributed by atoms with E-state index in [1.165, 1.54) is 17.3 Å². The number of ether oxygens (including phenoxy) is 1. The van der Waals surface area contributed by atoms with Gasteiger partial charge < -0.3 is 4.74 Å². The number of hydrogen-bond acceptors (Lipinski definition) is 5. The average Bonchev–Trinajstić information content (AvgIpc) is 3.17. The maximum atomic E-state index is 12.2. The topological polar surface area (TPSA) is 60.4 Å². The quantitative estimate of drug-likeness (QED) is 0.513.